The minimum atomic E-state index is -0.209. The van der Waals surface area contributed by atoms with Crippen LogP contribution in [-0.2, 0) is 4.79 Å². The lowest BCUT2D eigenvalue weighted by Gasteiger charge is -2.15. The molecule has 0 atom stereocenters. The van der Waals surface area contributed by atoms with E-state index in [1.807, 2.05) is 24.3 Å². The molecule has 5 nitrogen and oxygen atoms in total. The quantitative estimate of drug-likeness (QED) is 0.493. The highest BCUT2D eigenvalue weighted by atomic mass is 79.9. The SMILES string of the molecule is NC(=S)C(=NNc1ccc(Br)cc1)C(=O)N1CCCC1. The third-order valence-electron chi connectivity index (χ3n) is 2.97. The van der Waals surface area contributed by atoms with Gasteiger partial charge in [-0.3, -0.25) is 10.2 Å². The van der Waals surface area contributed by atoms with Crippen molar-refractivity contribution >= 4 is 50.4 Å². The second kappa shape index (κ2) is 6.81. The summed E-state index contributed by atoms with van der Waals surface area (Å²) < 4.78 is 0.967. The van der Waals surface area contributed by atoms with E-state index in [0.29, 0.717) is 0 Å². The molecule has 20 heavy (non-hydrogen) atoms. The Kier molecular flexibility index (Phi) is 5.08. The summed E-state index contributed by atoms with van der Waals surface area (Å²) in [5.41, 5.74) is 9.27. The molecule has 3 N–H and O–H groups in total. The molecule has 1 fully saturated rings. The van der Waals surface area contributed by atoms with Gasteiger partial charge in [-0.1, -0.05) is 28.1 Å². The molecule has 0 radical (unpaired) electrons. The lowest BCUT2D eigenvalue weighted by molar-refractivity contribution is -0.122. The normalized spacial score (nSPS) is 15.2. The van der Waals surface area contributed by atoms with Gasteiger partial charge in [0.15, 0.2) is 5.71 Å². The van der Waals surface area contributed by atoms with Gasteiger partial charge in [0.25, 0.3) is 5.91 Å². The maximum absolute atomic E-state index is 12.2. The first-order valence-electron chi connectivity index (χ1n) is 6.26. The Bertz CT molecular complexity index is 538. The monoisotopic (exact) mass is 354 g/mol. The van der Waals surface area contributed by atoms with Crippen LogP contribution in [-0.4, -0.2) is 34.6 Å². The van der Waals surface area contributed by atoms with E-state index in [-0.39, 0.29) is 16.6 Å². The Labute approximate surface area is 131 Å². The highest BCUT2D eigenvalue weighted by Gasteiger charge is 2.24. The van der Waals surface area contributed by atoms with Crippen molar-refractivity contribution in [2.45, 2.75) is 12.8 Å². The molecule has 2 rings (SSSR count). The number of nitrogens with zero attached hydrogens (tertiary/aromatic N) is 2. The molecule has 1 aliphatic heterocycles. The summed E-state index contributed by atoms with van der Waals surface area (Å²) in [4.78, 5) is 14.0. The van der Waals surface area contributed by atoms with Crippen molar-refractivity contribution in [2.24, 2.45) is 10.8 Å². The van der Waals surface area contributed by atoms with Crippen LogP contribution in [0.5, 0.6) is 0 Å². The van der Waals surface area contributed by atoms with Gasteiger partial charge < -0.3 is 10.6 Å². The Morgan fingerprint density at radius 1 is 1.30 bits per heavy atom. The van der Waals surface area contributed by atoms with Gasteiger partial charge >= 0.3 is 0 Å². The lowest BCUT2D eigenvalue weighted by atomic mass is 10.3. The van der Waals surface area contributed by atoms with Crippen LogP contribution in [0.15, 0.2) is 33.8 Å². The van der Waals surface area contributed by atoms with Gasteiger partial charge in [-0.2, -0.15) is 5.10 Å². The van der Waals surface area contributed by atoms with Gasteiger partial charge in [0.05, 0.1) is 5.69 Å². The average molecular weight is 355 g/mol. The Hall–Kier alpha value is -1.47. The number of carbonyl (C=O) groups excluding carboxylic acids is 1. The van der Waals surface area contributed by atoms with Crippen molar-refractivity contribution < 1.29 is 4.79 Å². The number of halogens is 1. The third-order valence-corrected chi connectivity index (χ3v) is 3.69. The summed E-state index contributed by atoms with van der Waals surface area (Å²) in [7, 11) is 0. The van der Waals surface area contributed by atoms with Crippen molar-refractivity contribution in [1.29, 1.82) is 0 Å². The number of hydrazone groups is 1. The van der Waals surface area contributed by atoms with E-state index in [9.17, 15) is 4.79 Å². The van der Waals surface area contributed by atoms with Gasteiger partial charge in [-0.15, -0.1) is 0 Å². The molecule has 0 bridgehead atoms. The summed E-state index contributed by atoms with van der Waals surface area (Å²) in [5, 5.41) is 4.06. The van der Waals surface area contributed by atoms with Crippen LogP contribution in [0.3, 0.4) is 0 Å². The van der Waals surface area contributed by atoms with Gasteiger partial charge in [0, 0.05) is 17.6 Å². The summed E-state index contributed by atoms with van der Waals surface area (Å²) in [6, 6.07) is 7.43. The highest BCUT2D eigenvalue weighted by Crippen LogP contribution is 2.14. The van der Waals surface area contributed by atoms with E-state index in [0.717, 1.165) is 36.1 Å². The first kappa shape index (κ1) is 14.9. The maximum Gasteiger partial charge on any atom is 0.277 e. The zero-order chi connectivity index (χ0) is 14.5. The Morgan fingerprint density at radius 3 is 2.45 bits per heavy atom. The summed E-state index contributed by atoms with van der Waals surface area (Å²) in [6.45, 7) is 1.47. The molecule has 106 valence electrons. The molecule has 1 aliphatic rings. The molecule has 0 saturated carbocycles. The number of rotatable bonds is 4. The number of likely N-dealkylation sites (tertiary alicyclic amines) is 1. The minimum Gasteiger partial charge on any atom is -0.388 e. The van der Waals surface area contributed by atoms with Crippen LogP contribution >= 0.6 is 28.1 Å². The molecule has 0 aliphatic carbocycles. The lowest BCUT2D eigenvalue weighted by Crippen LogP contribution is -2.40. The molecule has 1 saturated heterocycles. The first-order chi connectivity index (χ1) is 9.58. The number of anilines is 1. The number of hydrogen-bond donors (Lipinski definition) is 2. The van der Waals surface area contributed by atoms with Crippen LogP contribution < -0.4 is 11.2 Å². The molecule has 1 aromatic carbocycles. The molecular weight excluding hydrogens is 340 g/mol. The minimum absolute atomic E-state index is 0.00603. The van der Waals surface area contributed by atoms with E-state index >= 15 is 0 Å². The number of hydrogen-bond acceptors (Lipinski definition) is 4. The van der Waals surface area contributed by atoms with Crippen LogP contribution in [0, 0.1) is 0 Å². The van der Waals surface area contributed by atoms with E-state index < -0.39 is 0 Å². The fourth-order valence-corrected chi connectivity index (χ4v) is 2.32. The van der Waals surface area contributed by atoms with E-state index in [2.05, 4.69) is 26.5 Å². The third kappa shape index (κ3) is 3.77. The van der Waals surface area contributed by atoms with Gasteiger partial charge in [0.1, 0.15) is 4.99 Å². The summed E-state index contributed by atoms with van der Waals surface area (Å²) >= 11 is 8.27. The maximum atomic E-state index is 12.2. The number of carbonyl (C=O) groups is 1. The molecule has 0 unspecified atom stereocenters. The molecule has 1 aromatic rings. The number of nitrogens with one attached hydrogen (secondary N) is 1. The van der Waals surface area contributed by atoms with Crippen LogP contribution in [0.4, 0.5) is 5.69 Å². The van der Waals surface area contributed by atoms with Crippen molar-refractivity contribution in [3.8, 4) is 0 Å². The van der Waals surface area contributed by atoms with Crippen LogP contribution in [0.1, 0.15) is 12.8 Å². The summed E-state index contributed by atoms with van der Waals surface area (Å²) in [6.07, 6.45) is 2.02. The molecular formula is C13H15BrN4OS. The second-order valence-electron chi connectivity index (χ2n) is 4.44. The van der Waals surface area contributed by atoms with Gasteiger partial charge in [-0.05, 0) is 37.1 Å². The molecule has 0 aromatic heterocycles. The van der Waals surface area contributed by atoms with Crippen LogP contribution in [0.25, 0.3) is 0 Å². The van der Waals surface area contributed by atoms with Crippen molar-refractivity contribution in [1.82, 2.24) is 4.90 Å². The molecule has 0 spiro atoms. The Morgan fingerprint density at radius 2 is 1.90 bits per heavy atom. The zero-order valence-electron chi connectivity index (χ0n) is 10.8. The fourth-order valence-electron chi connectivity index (χ4n) is 1.92. The molecule has 7 heteroatoms. The van der Waals surface area contributed by atoms with Crippen molar-refractivity contribution in [3.63, 3.8) is 0 Å². The molecule has 1 amide bonds. The number of nitrogens with two attached hydrogens (primary N) is 1. The van der Waals surface area contributed by atoms with E-state index in [4.69, 9.17) is 18.0 Å². The Balaban J connectivity index is 2.11. The van der Waals surface area contributed by atoms with Gasteiger partial charge in [-0.25, -0.2) is 0 Å². The van der Waals surface area contributed by atoms with Crippen LogP contribution in [0.2, 0.25) is 0 Å². The molecule has 1 heterocycles. The predicted molar refractivity (Wildman–Crippen MR) is 87.8 cm³/mol. The zero-order valence-corrected chi connectivity index (χ0v) is 13.2. The van der Waals surface area contributed by atoms with E-state index in [1.165, 1.54) is 0 Å². The number of thiocarbonyl (C=S) groups is 1. The predicted octanol–water partition coefficient (Wildman–Crippen LogP) is 2.13. The average Bonchev–Trinajstić information content (AvgIpc) is 2.94. The number of benzene rings is 1. The summed E-state index contributed by atoms with van der Waals surface area (Å²) in [5.74, 6) is -0.209. The number of amides is 1. The van der Waals surface area contributed by atoms with Crippen molar-refractivity contribution in [2.75, 3.05) is 18.5 Å². The van der Waals surface area contributed by atoms with E-state index in [1.54, 1.807) is 4.90 Å². The highest BCUT2D eigenvalue weighted by molar-refractivity contribution is 9.10. The largest absolute Gasteiger partial charge is 0.388 e. The smallest absolute Gasteiger partial charge is 0.277 e. The second-order valence-corrected chi connectivity index (χ2v) is 5.80. The standard InChI is InChI=1S/C13H15BrN4OS/c14-9-3-5-10(6-4-9)16-17-11(12(15)20)13(19)18-7-1-2-8-18/h3-6,16H,1-2,7-8H2,(H2,15,20). The fraction of sp³-hybridized carbons (Fsp3) is 0.308. The van der Waals surface area contributed by atoms with Crippen molar-refractivity contribution in [3.05, 3.63) is 28.7 Å². The first-order valence-corrected chi connectivity index (χ1v) is 7.46. The topological polar surface area (TPSA) is 70.7 Å². The van der Waals surface area contributed by atoms with Gasteiger partial charge in [0.2, 0.25) is 0 Å².